The van der Waals surface area contributed by atoms with Crippen LogP contribution in [0.2, 0.25) is 5.02 Å². The first-order valence-corrected chi connectivity index (χ1v) is 12.8. The van der Waals surface area contributed by atoms with Crippen LogP contribution >= 0.6 is 34.5 Å². The molecule has 4 rings (SSSR count). The van der Waals surface area contributed by atoms with Crippen LogP contribution in [0.25, 0.3) is 10.1 Å². The van der Waals surface area contributed by atoms with E-state index >= 15 is 0 Å². The first kappa shape index (κ1) is 23.2. The second-order valence-electron chi connectivity index (χ2n) is 8.21. The SMILES string of the molecule is O[C@H]1C(NCC[C@H]2CCCCN2)=NC[C@H](Cl)N1CCNCc1csc2ccc(Cl)cc12. The molecule has 31 heavy (non-hydrogen) atoms. The van der Waals surface area contributed by atoms with Crippen molar-refractivity contribution in [3.8, 4) is 0 Å². The predicted octanol–water partition coefficient (Wildman–Crippen LogP) is 3.36. The molecule has 1 fully saturated rings. The van der Waals surface area contributed by atoms with E-state index in [-0.39, 0.29) is 5.50 Å². The van der Waals surface area contributed by atoms with E-state index in [0.29, 0.717) is 25.0 Å². The van der Waals surface area contributed by atoms with Gasteiger partial charge in [-0.05, 0) is 60.3 Å². The number of aliphatic imine (C=N–C) groups is 1. The smallest absolute Gasteiger partial charge is 0.166 e. The van der Waals surface area contributed by atoms with Gasteiger partial charge in [0.05, 0.1) is 6.54 Å². The first-order chi connectivity index (χ1) is 15.1. The molecule has 0 unspecified atom stereocenters. The van der Waals surface area contributed by atoms with Crippen molar-refractivity contribution in [3.63, 3.8) is 0 Å². The molecule has 4 N–H and O–H groups in total. The number of nitrogens with one attached hydrogen (secondary N) is 3. The van der Waals surface area contributed by atoms with Crippen molar-refractivity contribution in [1.29, 1.82) is 0 Å². The van der Waals surface area contributed by atoms with Crippen LogP contribution in [0.15, 0.2) is 28.6 Å². The minimum absolute atomic E-state index is 0.303. The molecule has 9 heteroatoms. The van der Waals surface area contributed by atoms with Crippen molar-refractivity contribution in [2.75, 3.05) is 32.7 Å². The maximum absolute atomic E-state index is 10.8. The number of thiophene rings is 1. The van der Waals surface area contributed by atoms with Gasteiger partial charge in [-0.3, -0.25) is 9.89 Å². The summed E-state index contributed by atoms with van der Waals surface area (Å²) in [6.07, 6.45) is 4.04. The normalized spacial score (nSPS) is 25.0. The van der Waals surface area contributed by atoms with Gasteiger partial charge in [0, 0.05) is 41.9 Å². The molecule has 2 aliphatic rings. The number of aliphatic hydroxyl groups excluding tert-OH is 1. The maximum atomic E-state index is 10.8. The molecule has 3 atom stereocenters. The Labute approximate surface area is 198 Å². The summed E-state index contributed by atoms with van der Waals surface area (Å²) in [6.45, 7) is 4.51. The third-order valence-corrected chi connectivity index (χ3v) is 7.66. The molecule has 170 valence electrons. The zero-order valence-corrected chi connectivity index (χ0v) is 19.9. The number of fused-ring (bicyclic) bond motifs is 1. The van der Waals surface area contributed by atoms with Gasteiger partial charge in [0.1, 0.15) is 11.3 Å². The summed E-state index contributed by atoms with van der Waals surface area (Å²) in [5.74, 6) is 0.631. The lowest BCUT2D eigenvalue weighted by molar-refractivity contribution is 0.0389. The van der Waals surface area contributed by atoms with Crippen molar-refractivity contribution < 1.29 is 5.11 Å². The molecular weight excluding hydrogens is 453 g/mol. The Hall–Kier alpha value is -0.930. The predicted molar refractivity (Wildman–Crippen MR) is 131 cm³/mol. The lowest BCUT2D eigenvalue weighted by Gasteiger charge is -2.36. The Morgan fingerprint density at radius 1 is 1.29 bits per heavy atom. The summed E-state index contributed by atoms with van der Waals surface area (Å²) in [6, 6.07) is 6.57. The third-order valence-electron chi connectivity index (χ3n) is 6.02. The first-order valence-electron chi connectivity index (χ1n) is 11.1. The van der Waals surface area contributed by atoms with Crippen LogP contribution in [-0.4, -0.2) is 66.3 Å². The van der Waals surface area contributed by atoms with Crippen molar-refractivity contribution in [2.45, 2.75) is 50.0 Å². The highest BCUT2D eigenvalue weighted by molar-refractivity contribution is 7.17. The molecule has 1 aromatic carbocycles. The number of halogens is 2. The van der Waals surface area contributed by atoms with E-state index < -0.39 is 6.23 Å². The summed E-state index contributed by atoms with van der Waals surface area (Å²) in [7, 11) is 0. The Morgan fingerprint density at radius 3 is 3.03 bits per heavy atom. The molecular formula is C22H31Cl2N5OS. The summed E-state index contributed by atoms with van der Waals surface area (Å²) < 4.78 is 1.24. The molecule has 6 nitrogen and oxygen atoms in total. The van der Waals surface area contributed by atoms with E-state index in [4.69, 9.17) is 23.2 Å². The van der Waals surface area contributed by atoms with Crippen LogP contribution in [0.1, 0.15) is 31.2 Å². The molecule has 0 spiro atoms. The molecule has 0 aliphatic carbocycles. The second-order valence-corrected chi connectivity index (χ2v) is 10.1. The van der Waals surface area contributed by atoms with Crippen LogP contribution in [0.5, 0.6) is 0 Å². The zero-order chi connectivity index (χ0) is 21.6. The van der Waals surface area contributed by atoms with Gasteiger partial charge in [0.25, 0.3) is 0 Å². The number of benzene rings is 1. The topological polar surface area (TPSA) is 71.9 Å². The number of aliphatic hydroxyl groups is 1. The van der Waals surface area contributed by atoms with Gasteiger partial charge >= 0.3 is 0 Å². The number of hydrogen-bond donors (Lipinski definition) is 4. The molecule has 1 saturated heterocycles. The lowest BCUT2D eigenvalue weighted by Crippen LogP contribution is -2.56. The Balaban J connectivity index is 1.23. The van der Waals surface area contributed by atoms with Crippen LogP contribution in [0.3, 0.4) is 0 Å². The largest absolute Gasteiger partial charge is 0.371 e. The minimum atomic E-state index is -0.793. The Kier molecular flexibility index (Phi) is 8.45. The van der Waals surface area contributed by atoms with Gasteiger partial charge in [-0.15, -0.1) is 22.9 Å². The quantitative estimate of drug-likeness (QED) is 0.263. The number of amidine groups is 1. The van der Waals surface area contributed by atoms with E-state index in [1.807, 2.05) is 17.0 Å². The summed E-state index contributed by atoms with van der Waals surface area (Å²) >= 11 is 14.3. The Bertz CT molecular complexity index is 886. The fraction of sp³-hybridized carbons (Fsp3) is 0.591. The van der Waals surface area contributed by atoms with E-state index in [2.05, 4.69) is 32.4 Å². The van der Waals surface area contributed by atoms with E-state index in [0.717, 1.165) is 37.6 Å². The highest BCUT2D eigenvalue weighted by Crippen LogP contribution is 2.28. The molecule has 2 aliphatic heterocycles. The van der Waals surface area contributed by atoms with Crippen molar-refractivity contribution in [3.05, 3.63) is 34.2 Å². The molecule has 2 aromatic rings. The van der Waals surface area contributed by atoms with Gasteiger partial charge in [0.2, 0.25) is 0 Å². The van der Waals surface area contributed by atoms with Crippen LogP contribution in [0.4, 0.5) is 0 Å². The fourth-order valence-electron chi connectivity index (χ4n) is 4.25. The van der Waals surface area contributed by atoms with E-state index in [1.165, 1.54) is 34.9 Å². The van der Waals surface area contributed by atoms with Crippen molar-refractivity contribution >= 4 is 50.5 Å². The van der Waals surface area contributed by atoms with Gasteiger partial charge in [-0.1, -0.05) is 18.0 Å². The molecule has 0 bridgehead atoms. The van der Waals surface area contributed by atoms with Crippen LogP contribution < -0.4 is 16.0 Å². The lowest BCUT2D eigenvalue weighted by atomic mass is 10.0. The highest BCUT2D eigenvalue weighted by Gasteiger charge is 2.30. The summed E-state index contributed by atoms with van der Waals surface area (Å²) in [4.78, 5) is 6.36. The van der Waals surface area contributed by atoms with Crippen LogP contribution in [-0.2, 0) is 6.54 Å². The molecule has 0 saturated carbocycles. The number of alkyl halides is 1. The van der Waals surface area contributed by atoms with Gasteiger partial charge in [-0.2, -0.15) is 0 Å². The molecule has 3 heterocycles. The minimum Gasteiger partial charge on any atom is -0.371 e. The average molecular weight is 484 g/mol. The average Bonchev–Trinajstić information content (AvgIpc) is 3.17. The third kappa shape index (κ3) is 6.11. The second kappa shape index (κ2) is 11.3. The summed E-state index contributed by atoms with van der Waals surface area (Å²) in [5, 5.41) is 25.3. The number of piperidine rings is 1. The zero-order valence-electron chi connectivity index (χ0n) is 17.6. The number of hydrogen-bond acceptors (Lipinski definition) is 7. The van der Waals surface area contributed by atoms with E-state index in [9.17, 15) is 5.11 Å². The highest BCUT2D eigenvalue weighted by atomic mass is 35.5. The molecule has 0 radical (unpaired) electrons. The monoisotopic (exact) mass is 483 g/mol. The van der Waals surface area contributed by atoms with Gasteiger partial charge in [-0.25, -0.2) is 0 Å². The standard InChI is InChI=1S/C22H31Cl2N5OS/c23-16-4-5-19-18(11-16)15(14-31-19)12-25-9-10-29-20(24)13-28-21(22(29)30)27-8-6-17-3-1-2-7-26-17/h4-5,11,14,17,20,22,25-26,30H,1-3,6-10,12-13H2,(H,27,28)/t17-,20-,22+/m1/s1. The van der Waals surface area contributed by atoms with E-state index in [1.54, 1.807) is 11.3 Å². The van der Waals surface area contributed by atoms with Gasteiger partial charge in [0.15, 0.2) is 6.23 Å². The van der Waals surface area contributed by atoms with Gasteiger partial charge < -0.3 is 21.1 Å². The Morgan fingerprint density at radius 2 is 2.19 bits per heavy atom. The van der Waals surface area contributed by atoms with Crippen molar-refractivity contribution in [1.82, 2.24) is 20.9 Å². The van der Waals surface area contributed by atoms with Crippen molar-refractivity contribution in [2.24, 2.45) is 4.99 Å². The maximum Gasteiger partial charge on any atom is 0.166 e. The number of rotatable bonds is 8. The number of nitrogens with zero attached hydrogens (tertiary/aromatic N) is 2. The molecule has 0 amide bonds. The molecule has 1 aromatic heterocycles. The van der Waals surface area contributed by atoms with Crippen LogP contribution in [0, 0.1) is 0 Å². The summed E-state index contributed by atoms with van der Waals surface area (Å²) in [5.41, 5.74) is 0.938. The fourth-order valence-corrected chi connectivity index (χ4v) is 5.64.